The van der Waals surface area contributed by atoms with Crippen molar-refractivity contribution in [1.29, 1.82) is 0 Å². The van der Waals surface area contributed by atoms with E-state index >= 15 is 0 Å². The minimum atomic E-state index is 0.317. The van der Waals surface area contributed by atoms with Crippen LogP contribution in [0.3, 0.4) is 0 Å². The molecule has 124 valence electrons. The summed E-state index contributed by atoms with van der Waals surface area (Å²) in [5, 5.41) is 1.24. The fourth-order valence-corrected chi connectivity index (χ4v) is 4.57. The van der Waals surface area contributed by atoms with E-state index in [2.05, 4.69) is 73.5 Å². The molecule has 0 spiro atoms. The molecule has 5 rings (SSSR count). The molecule has 0 saturated carbocycles. The SMILES string of the molecule is Cc1c(/C=C2\C=Cc3ccccc3N2C)sc2cc3c(cc12)OCO3. The molecule has 2 aromatic carbocycles. The number of hydrogen-bond acceptors (Lipinski definition) is 4. The molecular formula is C21H17NO2S. The fourth-order valence-electron chi connectivity index (χ4n) is 3.41. The van der Waals surface area contributed by atoms with E-state index in [9.17, 15) is 0 Å². The molecular weight excluding hydrogens is 330 g/mol. The van der Waals surface area contributed by atoms with Crippen LogP contribution in [0.2, 0.25) is 0 Å². The summed E-state index contributed by atoms with van der Waals surface area (Å²) >= 11 is 1.79. The van der Waals surface area contributed by atoms with Gasteiger partial charge in [-0.1, -0.05) is 24.3 Å². The molecule has 0 aliphatic carbocycles. The van der Waals surface area contributed by atoms with Gasteiger partial charge in [0.25, 0.3) is 0 Å². The third-order valence-electron chi connectivity index (χ3n) is 4.87. The second kappa shape index (κ2) is 5.39. The number of likely N-dealkylation sites (N-methyl/N-ethyl adjacent to an activating group) is 1. The molecule has 0 N–H and O–H groups in total. The van der Waals surface area contributed by atoms with Crippen LogP contribution < -0.4 is 14.4 Å². The van der Waals surface area contributed by atoms with E-state index in [-0.39, 0.29) is 0 Å². The molecule has 0 fully saturated rings. The first-order valence-corrected chi connectivity index (χ1v) is 9.07. The minimum Gasteiger partial charge on any atom is -0.454 e. The average Bonchev–Trinajstić information content (AvgIpc) is 3.20. The highest BCUT2D eigenvalue weighted by Crippen LogP contribution is 2.42. The molecule has 2 aliphatic rings. The summed E-state index contributed by atoms with van der Waals surface area (Å²) in [5.41, 5.74) is 4.96. The topological polar surface area (TPSA) is 21.7 Å². The maximum absolute atomic E-state index is 5.52. The van der Waals surface area contributed by atoms with Crippen LogP contribution >= 0.6 is 11.3 Å². The smallest absolute Gasteiger partial charge is 0.231 e. The Morgan fingerprint density at radius 2 is 1.88 bits per heavy atom. The zero-order valence-corrected chi connectivity index (χ0v) is 14.9. The molecule has 0 amide bonds. The lowest BCUT2D eigenvalue weighted by Gasteiger charge is -2.26. The second-order valence-electron chi connectivity index (χ2n) is 6.31. The number of fused-ring (bicyclic) bond motifs is 3. The maximum Gasteiger partial charge on any atom is 0.231 e. The highest BCUT2D eigenvalue weighted by atomic mass is 32.1. The van der Waals surface area contributed by atoms with E-state index in [1.165, 1.54) is 37.5 Å². The van der Waals surface area contributed by atoms with E-state index in [0.29, 0.717) is 6.79 Å². The standard InChI is InChI=1S/C21H17NO2S/c1-13-16-10-18-19(24-12-23-18)11-21(16)25-20(13)9-15-8-7-14-5-3-4-6-17(14)22(15)2/h3-11H,12H2,1-2H3/b15-9+. The Kier molecular flexibility index (Phi) is 3.15. The quantitative estimate of drug-likeness (QED) is 0.585. The van der Waals surface area contributed by atoms with Crippen molar-refractivity contribution in [2.75, 3.05) is 18.7 Å². The molecule has 2 aliphatic heterocycles. The molecule has 3 heterocycles. The first-order valence-electron chi connectivity index (χ1n) is 8.26. The number of benzene rings is 2. The zero-order chi connectivity index (χ0) is 17.0. The van der Waals surface area contributed by atoms with E-state index in [4.69, 9.17) is 9.47 Å². The number of para-hydroxylation sites is 1. The molecule has 0 atom stereocenters. The molecule has 1 aromatic heterocycles. The predicted molar refractivity (Wildman–Crippen MR) is 105 cm³/mol. The van der Waals surface area contributed by atoms with Crippen LogP contribution in [0.4, 0.5) is 5.69 Å². The van der Waals surface area contributed by atoms with Crippen LogP contribution in [-0.4, -0.2) is 13.8 Å². The first kappa shape index (κ1) is 14.6. The van der Waals surface area contributed by atoms with Crippen LogP contribution in [0.15, 0.2) is 48.2 Å². The molecule has 3 nitrogen and oxygen atoms in total. The van der Waals surface area contributed by atoms with Gasteiger partial charge in [0.05, 0.1) is 0 Å². The van der Waals surface area contributed by atoms with Gasteiger partial charge >= 0.3 is 0 Å². The number of rotatable bonds is 1. The molecule has 0 unspecified atom stereocenters. The Morgan fingerprint density at radius 1 is 1.08 bits per heavy atom. The van der Waals surface area contributed by atoms with E-state index in [1.807, 2.05) is 0 Å². The first-order chi connectivity index (χ1) is 12.2. The van der Waals surface area contributed by atoms with Gasteiger partial charge in [0.15, 0.2) is 11.5 Å². The van der Waals surface area contributed by atoms with Gasteiger partial charge in [0, 0.05) is 34.1 Å². The van der Waals surface area contributed by atoms with Gasteiger partial charge in [-0.15, -0.1) is 11.3 Å². The summed E-state index contributed by atoms with van der Waals surface area (Å²) in [4.78, 5) is 3.51. The molecule has 0 saturated heterocycles. The van der Waals surface area contributed by atoms with Crippen molar-refractivity contribution in [3.63, 3.8) is 0 Å². The minimum absolute atomic E-state index is 0.317. The van der Waals surface area contributed by atoms with Crippen molar-refractivity contribution in [3.05, 3.63) is 64.2 Å². The summed E-state index contributed by atoms with van der Waals surface area (Å²) in [6, 6.07) is 12.6. The maximum atomic E-state index is 5.52. The fraction of sp³-hybridized carbons (Fsp3) is 0.143. The van der Waals surface area contributed by atoms with E-state index in [1.54, 1.807) is 11.3 Å². The van der Waals surface area contributed by atoms with Crippen LogP contribution in [-0.2, 0) is 0 Å². The Hall–Kier alpha value is -2.72. The van der Waals surface area contributed by atoms with E-state index < -0.39 is 0 Å². The lowest BCUT2D eigenvalue weighted by atomic mass is 10.1. The van der Waals surface area contributed by atoms with Crippen molar-refractivity contribution >= 4 is 39.3 Å². The van der Waals surface area contributed by atoms with E-state index in [0.717, 1.165) is 11.5 Å². The predicted octanol–water partition coefficient (Wildman–Crippen LogP) is 5.44. The molecule has 3 aromatic rings. The molecule has 4 heteroatoms. The summed E-state index contributed by atoms with van der Waals surface area (Å²) in [6.45, 7) is 2.49. The highest BCUT2D eigenvalue weighted by molar-refractivity contribution is 7.20. The summed E-state index contributed by atoms with van der Waals surface area (Å²) < 4.78 is 12.3. The van der Waals surface area contributed by atoms with Gasteiger partial charge in [-0.2, -0.15) is 0 Å². The van der Waals surface area contributed by atoms with Gasteiger partial charge in [-0.3, -0.25) is 0 Å². The average molecular weight is 347 g/mol. The van der Waals surface area contributed by atoms with Crippen LogP contribution in [0, 0.1) is 6.92 Å². The Balaban J connectivity index is 1.60. The van der Waals surface area contributed by atoms with Gasteiger partial charge in [-0.05, 0) is 47.7 Å². The van der Waals surface area contributed by atoms with Gasteiger partial charge in [0.2, 0.25) is 6.79 Å². The van der Waals surface area contributed by atoms with Crippen molar-refractivity contribution < 1.29 is 9.47 Å². The van der Waals surface area contributed by atoms with Crippen molar-refractivity contribution in [2.45, 2.75) is 6.92 Å². The molecule has 0 radical (unpaired) electrons. The van der Waals surface area contributed by atoms with Crippen molar-refractivity contribution in [3.8, 4) is 11.5 Å². The number of nitrogens with zero attached hydrogens (tertiary/aromatic N) is 1. The van der Waals surface area contributed by atoms with Crippen LogP contribution in [0.5, 0.6) is 11.5 Å². The third kappa shape index (κ3) is 2.25. The second-order valence-corrected chi connectivity index (χ2v) is 7.40. The van der Waals surface area contributed by atoms with Gasteiger partial charge < -0.3 is 14.4 Å². The van der Waals surface area contributed by atoms with Gasteiger partial charge in [0.1, 0.15) is 0 Å². The highest BCUT2D eigenvalue weighted by Gasteiger charge is 2.18. The zero-order valence-electron chi connectivity index (χ0n) is 14.1. The Morgan fingerprint density at radius 3 is 2.76 bits per heavy atom. The summed E-state index contributed by atoms with van der Waals surface area (Å²) in [6.07, 6.45) is 6.62. The number of aryl methyl sites for hydroxylation is 1. The lowest BCUT2D eigenvalue weighted by Crippen LogP contribution is -2.18. The normalized spacial score (nSPS) is 16.7. The summed E-state index contributed by atoms with van der Waals surface area (Å²) in [7, 11) is 2.12. The molecule has 0 bridgehead atoms. The van der Waals surface area contributed by atoms with Crippen molar-refractivity contribution in [1.82, 2.24) is 0 Å². The lowest BCUT2D eigenvalue weighted by molar-refractivity contribution is 0.174. The summed E-state index contributed by atoms with van der Waals surface area (Å²) in [5.74, 6) is 1.69. The number of hydrogen-bond donors (Lipinski definition) is 0. The largest absolute Gasteiger partial charge is 0.454 e. The Labute approximate surface area is 150 Å². The number of allylic oxidation sites excluding steroid dienone is 1. The number of thiophene rings is 1. The van der Waals surface area contributed by atoms with Crippen LogP contribution in [0.1, 0.15) is 16.0 Å². The number of anilines is 1. The van der Waals surface area contributed by atoms with Gasteiger partial charge in [-0.25, -0.2) is 0 Å². The third-order valence-corrected chi connectivity index (χ3v) is 6.07. The van der Waals surface area contributed by atoms with Crippen molar-refractivity contribution in [2.24, 2.45) is 0 Å². The van der Waals surface area contributed by atoms with Crippen LogP contribution in [0.25, 0.3) is 22.2 Å². The monoisotopic (exact) mass is 347 g/mol. The molecule has 25 heavy (non-hydrogen) atoms. The Bertz CT molecular complexity index is 1060. The number of ether oxygens (including phenoxy) is 2.